The molecule has 5 atom stereocenters. The number of hydrogen-bond donors (Lipinski definition) is 6. The van der Waals surface area contributed by atoms with Crippen LogP contribution in [-0.4, -0.2) is 63.3 Å². The number of nitrogens with two attached hydrogens (primary N) is 2. The van der Waals surface area contributed by atoms with Crippen molar-refractivity contribution in [1.29, 1.82) is 0 Å². The van der Waals surface area contributed by atoms with Gasteiger partial charge >= 0.3 is 0 Å². The lowest BCUT2D eigenvalue weighted by Gasteiger charge is -2.40. The first-order chi connectivity index (χ1) is 14.6. The average Bonchev–Trinajstić information content (AvgIpc) is 2.72. The van der Waals surface area contributed by atoms with Crippen LogP contribution in [0, 0.1) is 13.8 Å². The maximum Gasteiger partial charge on any atom is 0.249 e. The van der Waals surface area contributed by atoms with E-state index >= 15 is 0 Å². The molecule has 1 aliphatic heterocycles. The molecule has 9 nitrogen and oxygen atoms in total. The third kappa shape index (κ3) is 4.06. The van der Waals surface area contributed by atoms with Gasteiger partial charge in [-0.3, -0.25) is 9.59 Å². The molecule has 2 aromatic carbocycles. The Labute approximate surface area is 178 Å². The van der Waals surface area contributed by atoms with Crippen LogP contribution in [0.5, 0.6) is 0 Å². The Hall–Kier alpha value is -2.82. The number of ether oxygens (including phenoxy) is 1. The molecule has 0 aliphatic carbocycles. The van der Waals surface area contributed by atoms with E-state index in [-0.39, 0.29) is 11.1 Å². The number of benzene rings is 2. The largest absolute Gasteiger partial charge is 0.394 e. The van der Waals surface area contributed by atoms with E-state index in [0.29, 0.717) is 27.8 Å². The molecule has 8 N–H and O–H groups in total. The predicted molar refractivity (Wildman–Crippen MR) is 111 cm³/mol. The zero-order valence-corrected chi connectivity index (χ0v) is 17.1. The van der Waals surface area contributed by atoms with Gasteiger partial charge in [-0.15, -0.1) is 0 Å². The Morgan fingerprint density at radius 2 is 1.65 bits per heavy atom. The highest BCUT2D eigenvalue weighted by molar-refractivity contribution is 6.04. The molecule has 0 saturated carbocycles. The van der Waals surface area contributed by atoms with Crippen molar-refractivity contribution in [2.75, 3.05) is 6.61 Å². The highest BCUT2D eigenvalue weighted by Crippen LogP contribution is 2.36. The molecule has 0 spiro atoms. The summed E-state index contributed by atoms with van der Waals surface area (Å²) in [5.74, 6) is -1.39. The SMILES string of the molecule is Cc1c(C(N)=O)cc(-c2cccc([C@H]3O[C@H](CO)[C@@H](O)[C@H](O)[C@@H]3O)c2)c(C)c1C(N)=O. The van der Waals surface area contributed by atoms with Gasteiger partial charge in [-0.1, -0.05) is 18.2 Å². The van der Waals surface area contributed by atoms with Gasteiger partial charge < -0.3 is 36.6 Å². The third-order valence-electron chi connectivity index (χ3n) is 5.78. The maximum atomic E-state index is 12.0. The van der Waals surface area contributed by atoms with Gasteiger partial charge in [0.2, 0.25) is 11.8 Å². The average molecular weight is 430 g/mol. The van der Waals surface area contributed by atoms with Gasteiger partial charge in [-0.05, 0) is 53.8 Å². The van der Waals surface area contributed by atoms with Gasteiger partial charge in [0.1, 0.15) is 30.5 Å². The molecule has 1 fully saturated rings. The van der Waals surface area contributed by atoms with E-state index in [9.17, 15) is 30.0 Å². The summed E-state index contributed by atoms with van der Waals surface area (Å²) in [6.07, 6.45) is -6.48. The first kappa shape index (κ1) is 22.9. The van der Waals surface area contributed by atoms with Crippen LogP contribution in [0.25, 0.3) is 11.1 Å². The van der Waals surface area contributed by atoms with Crippen molar-refractivity contribution in [2.24, 2.45) is 11.5 Å². The Balaban J connectivity index is 2.12. The molecule has 1 aliphatic rings. The van der Waals surface area contributed by atoms with Crippen LogP contribution in [0.3, 0.4) is 0 Å². The number of aliphatic hydroxyl groups is 4. The summed E-state index contributed by atoms with van der Waals surface area (Å²) < 4.78 is 5.62. The summed E-state index contributed by atoms with van der Waals surface area (Å²) >= 11 is 0. The molecule has 1 saturated heterocycles. The van der Waals surface area contributed by atoms with E-state index in [0.717, 1.165) is 0 Å². The number of carbonyl (C=O) groups excluding carboxylic acids is 2. The third-order valence-corrected chi connectivity index (χ3v) is 5.78. The van der Waals surface area contributed by atoms with E-state index in [4.69, 9.17) is 16.2 Å². The Morgan fingerprint density at radius 1 is 0.968 bits per heavy atom. The molecule has 0 radical (unpaired) electrons. The van der Waals surface area contributed by atoms with Crippen LogP contribution in [0.2, 0.25) is 0 Å². The predicted octanol–water partition coefficient (Wildman–Crippen LogP) is -0.317. The normalized spacial score (nSPS) is 25.9. The van der Waals surface area contributed by atoms with Gasteiger partial charge in [0.25, 0.3) is 0 Å². The number of amides is 2. The highest BCUT2D eigenvalue weighted by atomic mass is 16.5. The fourth-order valence-corrected chi connectivity index (χ4v) is 4.10. The van der Waals surface area contributed by atoms with Crippen molar-refractivity contribution in [3.63, 3.8) is 0 Å². The van der Waals surface area contributed by atoms with Crippen LogP contribution in [0.4, 0.5) is 0 Å². The molecule has 0 unspecified atom stereocenters. The lowest BCUT2D eigenvalue weighted by molar-refractivity contribution is -0.231. The van der Waals surface area contributed by atoms with Gasteiger partial charge in [-0.25, -0.2) is 0 Å². The first-order valence-electron chi connectivity index (χ1n) is 9.73. The zero-order chi connectivity index (χ0) is 23.0. The van der Waals surface area contributed by atoms with Crippen LogP contribution < -0.4 is 11.5 Å². The number of hydrogen-bond acceptors (Lipinski definition) is 7. The lowest BCUT2D eigenvalue weighted by Crippen LogP contribution is -2.55. The fraction of sp³-hybridized carbons (Fsp3) is 0.364. The van der Waals surface area contributed by atoms with E-state index in [1.54, 1.807) is 44.2 Å². The minimum absolute atomic E-state index is 0.160. The topological polar surface area (TPSA) is 176 Å². The monoisotopic (exact) mass is 430 g/mol. The van der Waals surface area contributed by atoms with Crippen LogP contribution in [0.1, 0.15) is 43.5 Å². The second kappa shape index (κ2) is 8.74. The summed E-state index contributed by atoms with van der Waals surface area (Å²) in [4.78, 5) is 24.0. The van der Waals surface area contributed by atoms with Crippen molar-refractivity contribution in [2.45, 2.75) is 44.4 Å². The first-order valence-corrected chi connectivity index (χ1v) is 9.73. The summed E-state index contributed by atoms with van der Waals surface area (Å²) in [6, 6.07) is 8.32. The van der Waals surface area contributed by atoms with E-state index in [2.05, 4.69) is 0 Å². The fourth-order valence-electron chi connectivity index (χ4n) is 4.10. The van der Waals surface area contributed by atoms with Crippen LogP contribution in [-0.2, 0) is 4.74 Å². The molecular formula is C22H26N2O7. The number of rotatable bonds is 5. The van der Waals surface area contributed by atoms with E-state index in [1.165, 1.54) is 0 Å². The molecule has 31 heavy (non-hydrogen) atoms. The smallest absolute Gasteiger partial charge is 0.249 e. The summed E-state index contributed by atoms with van der Waals surface area (Å²) in [6.45, 7) is 2.76. The van der Waals surface area contributed by atoms with Crippen molar-refractivity contribution >= 4 is 11.8 Å². The van der Waals surface area contributed by atoms with Gasteiger partial charge in [0, 0.05) is 11.1 Å². The molecule has 9 heteroatoms. The highest BCUT2D eigenvalue weighted by Gasteiger charge is 2.44. The lowest BCUT2D eigenvalue weighted by atomic mass is 9.87. The molecule has 1 heterocycles. The van der Waals surface area contributed by atoms with Crippen molar-refractivity contribution in [1.82, 2.24) is 0 Å². The van der Waals surface area contributed by atoms with Crippen LogP contribution >= 0.6 is 0 Å². The number of aliphatic hydroxyl groups excluding tert-OH is 4. The van der Waals surface area contributed by atoms with E-state index < -0.39 is 48.9 Å². The van der Waals surface area contributed by atoms with Crippen LogP contribution in [0.15, 0.2) is 30.3 Å². The molecule has 3 rings (SSSR count). The summed E-state index contributed by atoms with van der Waals surface area (Å²) in [7, 11) is 0. The molecule has 166 valence electrons. The standard InChI is InChI=1S/C22H26N2O7/c1-9-13(7-14(21(23)29)10(2)16(9)22(24)30)11-4-3-5-12(6-11)20-19(28)18(27)17(26)15(8-25)31-20/h3-7,15,17-20,25-28H,8H2,1-2H3,(H2,23,29)(H2,24,30)/t15-,17-,18+,19+,20-/m1/s1. The van der Waals surface area contributed by atoms with Crippen molar-refractivity contribution < 1.29 is 34.8 Å². The van der Waals surface area contributed by atoms with Gasteiger partial charge in [0.05, 0.1) is 6.61 Å². The summed E-state index contributed by atoms with van der Waals surface area (Å²) in [5, 5.41) is 39.9. The Bertz CT molecular complexity index is 1020. The molecular weight excluding hydrogens is 404 g/mol. The maximum absolute atomic E-state index is 12.0. The number of carbonyl (C=O) groups is 2. The van der Waals surface area contributed by atoms with Gasteiger partial charge in [-0.2, -0.15) is 0 Å². The quantitative estimate of drug-likeness (QED) is 0.376. The molecule has 2 aromatic rings. The van der Waals surface area contributed by atoms with Gasteiger partial charge in [0.15, 0.2) is 0 Å². The number of primary amides is 2. The molecule has 0 bridgehead atoms. The van der Waals surface area contributed by atoms with Crippen molar-refractivity contribution in [3.8, 4) is 11.1 Å². The van der Waals surface area contributed by atoms with Crippen molar-refractivity contribution in [3.05, 3.63) is 58.1 Å². The zero-order valence-electron chi connectivity index (χ0n) is 17.1. The summed E-state index contributed by atoms with van der Waals surface area (Å²) in [5.41, 5.74) is 13.9. The minimum atomic E-state index is -1.51. The van der Waals surface area contributed by atoms with E-state index in [1.807, 2.05) is 0 Å². The second-order valence-corrected chi connectivity index (χ2v) is 7.70. The Kier molecular flexibility index (Phi) is 6.44. The second-order valence-electron chi connectivity index (χ2n) is 7.70. The Morgan fingerprint density at radius 3 is 2.23 bits per heavy atom. The molecule has 2 amide bonds. The minimum Gasteiger partial charge on any atom is -0.394 e. The molecule has 0 aromatic heterocycles.